The topological polar surface area (TPSA) is 97.6 Å². The lowest BCUT2D eigenvalue weighted by molar-refractivity contribution is -0.119. The smallest absolute Gasteiger partial charge is 0.338 e. The standard InChI is InChI=1S/C20H20N2O5S/c1-4-26-18-10-14(5-8-17(18)25-3)20(24)27-11-19(23)22-16-7-6-15(28-12-21)9-13(16)2/h5-10H,4,11H2,1-3H3,(H,22,23). The van der Waals surface area contributed by atoms with Gasteiger partial charge in [0.05, 0.1) is 19.3 Å². The molecule has 0 aliphatic rings. The van der Waals surface area contributed by atoms with E-state index in [0.29, 0.717) is 23.8 Å². The molecule has 0 saturated heterocycles. The molecule has 28 heavy (non-hydrogen) atoms. The molecular formula is C20H20N2O5S. The highest BCUT2D eigenvalue weighted by atomic mass is 32.2. The van der Waals surface area contributed by atoms with Gasteiger partial charge in [0.1, 0.15) is 5.40 Å². The molecule has 0 saturated carbocycles. The van der Waals surface area contributed by atoms with Crippen LogP contribution in [0.25, 0.3) is 0 Å². The van der Waals surface area contributed by atoms with Crippen LogP contribution in [0.1, 0.15) is 22.8 Å². The lowest BCUT2D eigenvalue weighted by atomic mass is 10.2. The van der Waals surface area contributed by atoms with Crippen molar-refractivity contribution in [3.05, 3.63) is 47.5 Å². The number of nitrogens with one attached hydrogen (secondary N) is 1. The van der Waals surface area contributed by atoms with Gasteiger partial charge in [-0.3, -0.25) is 4.79 Å². The molecule has 1 amide bonds. The van der Waals surface area contributed by atoms with E-state index in [1.165, 1.54) is 19.2 Å². The second-order valence-corrected chi connectivity index (χ2v) is 6.45. The highest BCUT2D eigenvalue weighted by Crippen LogP contribution is 2.28. The van der Waals surface area contributed by atoms with E-state index in [9.17, 15) is 9.59 Å². The lowest BCUT2D eigenvalue weighted by Crippen LogP contribution is -2.21. The molecule has 2 rings (SSSR count). The zero-order valence-electron chi connectivity index (χ0n) is 15.8. The van der Waals surface area contributed by atoms with Gasteiger partial charge in [0.2, 0.25) is 0 Å². The van der Waals surface area contributed by atoms with E-state index in [4.69, 9.17) is 19.5 Å². The molecule has 0 aliphatic heterocycles. The Kier molecular flexibility index (Phi) is 7.72. The van der Waals surface area contributed by atoms with Gasteiger partial charge in [-0.1, -0.05) is 0 Å². The third-order valence-corrected chi connectivity index (χ3v) is 4.25. The SMILES string of the molecule is CCOc1cc(C(=O)OCC(=O)Nc2ccc(SC#N)cc2C)ccc1OC. The number of aryl methyl sites for hydroxylation is 1. The number of thioether (sulfide) groups is 1. The number of ether oxygens (including phenoxy) is 3. The van der Waals surface area contributed by atoms with Crippen molar-refractivity contribution in [2.45, 2.75) is 18.7 Å². The van der Waals surface area contributed by atoms with Crippen molar-refractivity contribution in [2.75, 3.05) is 25.6 Å². The van der Waals surface area contributed by atoms with Gasteiger partial charge in [0, 0.05) is 10.6 Å². The molecule has 2 aromatic carbocycles. The van der Waals surface area contributed by atoms with Crippen molar-refractivity contribution in [1.82, 2.24) is 0 Å². The molecule has 0 aliphatic carbocycles. The van der Waals surface area contributed by atoms with Gasteiger partial charge in [-0.05, 0) is 67.6 Å². The number of benzene rings is 2. The minimum Gasteiger partial charge on any atom is -0.493 e. The molecule has 0 aromatic heterocycles. The van der Waals surface area contributed by atoms with E-state index in [0.717, 1.165) is 22.2 Å². The summed E-state index contributed by atoms with van der Waals surface area (Å²) in [5, 5.41) is 13.4. The first kappa shape index (κ1) is 21.1. The van der Waals surface area contributed by atoms with Crippen LogP contribution in [0.4, 0.5) is 5.69 Å². The summed E-state index contributed by atoms with van der Waals surface area (Å²) in [6.45, 7) is 3.63. The number of carbonyl (C=O) groups excluding carboxylic acids is 2. The predicted octanol–water partition coefficient (Wildman–Crippen LogP) is 3.77. The fourth-order valence-electron chi connectivity index (χ4n) is 2.37. The summed E-state index contributed by atoms with van der Waals surface area (Å²) in [7, 11) is 1.51. The van der Waals surface area contributed by atoms with Crippen LogP contribution in [-0.2, 0) is 9.53 Å². The maximum Gasteiger partial charge on any atom is 0.338 e. The Bertz CT molecular complexity index is 908. The molecule has 1 N–H and O–H groups in total. The zero-order chi connectivity index (χ0) is 20.5. The van der Waals surface area contributed by atoms with Gasteiger partial charge in [0.15, 0.2) is 18.1 Å². The van der Waals surface area contributed by atoms with Crippen molar-refractivity contribution in [2.24, 2.45) is 0 Å². The van der Waals surface area contributed by atoms with E-state index >= 15 is 0 Å². The molecule has 0 heterocycles. The number of thiocyanates is 1. The van der Waals surface area contributed by atoms with Gasteiger partial charge in [0.25, 0.3) is 5.91 Å². The minimum atomic E-state index is -0.642. The van der Waals surface area contributed by atoms with Crippen molar-refractivity contribution in [3.63, 3.8) is 0 Å². The number of methoxy groups -OCH3 is 1. The van der Waals surface area contributed by atoms with E-state index in [1.807, 2.05) is 19.2 Å². The quantitative estimate of drug-likeness (QED) is 0.409. The van der Waals surface area contributed by atoms with Crippen LogP contribution < -0.4 is 14.8 Å². The van der Waals surface area contributed by atoms with Crippen molar-refractivity contribution >= 4 is 29.3 Å². The van der Waals surface area contributed by atoms with Gasteiger partial charge in [-0.15, -0.1) is 0 Å². The van der Waals surface area contributed by atoms with Crippen LogP contribution in [0.3, 0.4) is 0 Å². The Balaban J connectivity index is 1.96. The second-order valence-electron chi connectivity index (χ2n) is 5.59. The molecule has 146 valence electrons. The van der Waals surface area contributed by atoms with Crippen LogP contribution in [0.15, 0.2) is 41.3 Å². The fourth-order valence-corrected chi connectivity index (χ4v) is 2.84. The van der Waals surface area contributed by atoms with Crippen molar-refractivity contribution < 1.29 is 23.8 Å². The number of carbonyl (C=O) groups is 2. The average Bonchev–Trinajstić information content (AvgIpc) is 2.68. The molecule has 0 bridgehead atoms. The molecule has 2 aromatic rings. The van der Waals surface area contributed by atoms with Crippen molar-refractivity contribution in [1.29, 1.82) is 5.26 Å². The number of hydrogen-bond donors (Lipinski definition) is 1. The van der Waals surface area contributed by atoms with E-state index in [-0.39, 0.29) is 5.56 Å². The first-order valence-corrected chi connectivity index (χ1v) is 9.24. The average molecular weight is 400 g/mol. The zero-order valence-corrected chi connectivity index (χ0v) is 16.6. The summed E-state index contributed by atoms with van der Waals surface area (Å²) in [5.41, 5.74) is 1.65. The Hall–Kier alpha value is -3.18. The molecule has 0 unspecified atom stereocenters. The largest absolute Gasteiger partial charge is 0.493 e. The molecule has 0 spiro atoms. The molecular weight excluding hydrogens is 380 g/mol. The molecule has 0 radical (unpaired) electrons. The van der Waals surface area contributed by atoms with Gasteiger partial charge in [-0.2, -0.15) is 5.26 Å². The monoisotopic (exact) mass is 400 g/mol. The lowest BCUT2D eigenvalue weighted by Gasteiger charge is -2.12. The van der Waals surface area contributed by atoms with E-state index < -0.39 is 18.5 Å². The number of nitriles is 1. The number of nitrogens with zero attached hydrogens (tertiary/aromatic N) is 1. The Morgan fingerprint density at radius 2 is 1.96 bits per heavy atom. The number of amides is 1. The maximum atomic E-state index is 12.2. The first-order chi connectivity index (χ1) is 13.5. The normalized spacial score (nSPS) is 9.93. The van der Waals surface area contributed by atoms with Crippen LogP contribution in [-0.4, -0.2) is 32.2 Å². The summed E-state index contributed by atoms with van der Waals surface area (Å²) in [6.07, 6.45) is 0. The van der Waals surface area contributed by atoms with Crippen LogP contribution in [0.5, 0.6) is 11.5 Å². The molecule has 8 heteroatoms. The molecule has 0 atom stereocenters. The van der Waals surface area contributed by atoms with E-state index in [1.54, 1.807) is 24.3 Å². The van der Waals surface area contributed by atoms with Crippen LogP contribution in [0, 0.1) is 17.6 Å². The molecule has 0 fully saturated rings. The predicted molar refractivity (Wildman–Crippen MR) is 106 cm³/mol. The molecule has 7 nitrogen and oxygen atoms in total. The summed E-state index contributed by atoms with van der Waals surface area (Å²) in [6, 6.07) is 9.88. The number of anilines is 1. The number of hydrogen-bond acceptors (Lipinski definition) is 7. The van der Waals surface area contributed by atoms with E-state index in [2.05, 4.69) is 5.32 Å². The summed E-state index contributed by atoms with van der Waals surface area (Å²) >= 11 is 1.04. The Labute approximate surface area is 167 Å². The Morgan fingerprint density at radius 1 is 1.18 bits per heavy atom. The Morgan fingerprint density at radius 3 is 2.61 bits per heavy atom. The van der Waals surface area contributed by atoms with Crippen LogP contribution >= 0.6 is 11.8 Å². The van der Waals surface area contributed by atoms with Crippen molar-refractivity contribution in [3.8, 4) is 16.9 Å². The second kappa shape index (κ2) is 10.2. The third kappa shape index (κ3) is 5.66. The summed E-state index contributed by atoms with van der Waals surface area (Å²) in [4.78, 5) is 25.1. The van der Waals surface area contributed by atoms with Crippen LogP contribution in [0.2, 0.25) is 0 Å². The van der Waals surface area contributed by atoms with Gasteiger partial charge < -0.3 is 19.5 Å². The highest BCUT2D eigenvalue weighted by molar-refractivity contribution is 8.03. The van der Waals surface area contributed by atoms with Gasteiger partial charge in [-0.25, -0.2) is 4.79 Å². The first-order valence-electron chi connectivity index (χ1n) is 8.42. The number of esters is 1. The number of rotatable bonds is 8. The maximum absolute atomic E-state index is 12.2. The highest BCUT2D eigenvalue weighted by Gasteiger charge is 2.14. The third-order valence-electron chi connectivity index (χ3n) is 3.67. The summed E-state index contributed by atoms with van der Waals surface area (Å²) < 4.78 is 15.7. The summed E-state index contributed by atoms with van der Waals surface area (Å²) in [5.74, 6) is -0.175. The fraction of sp³-hybridized carbons (Fsp3) is 0.250. The minimum absolute atomic E-state index is 0.256. The van der Waals surface area contributed by atoms with Gasteiger partial charge >= 0.3 is 5.97 Å².